The summed E-state index contributed by atoms with van der Waals surface area (Å²) in [7, 11) is 0. The summed E-state index contributed by atoms with van der Waals surface area (Å²) in [6, 6.07) is 9.28. The van der Waals surface area contributed by atoms with E-state index in [0.29, 0.717) is 42.4 Å². The summed E-state index contributed by atoms with van der Waals surface area (Å²) in [5, 5.41) is 32.9. The SMILES string of the molecule is OCCn1nnnc1NCc1nc(N=NCc2ccc(Cl)cc2)cc(N2CCOCC2)n1. The van der Waals surface area contributed by atoms with Crippen LogP contribution in [0.5, 0.6) is 0 Å². The Morgan fingerprint density at radius 2 is 1.97 bits per heavy atom. The van der Waals surface area contributed by atoms with Gasteiger partial charge < -0.3 is 20.1 Å². The number of tetrazole rings is 1. The normalized spacial score (nSPS) is 14.2. The molecule has 1 aliphatic heterocycles. The van der Waals surface area contributed by atoms with Crippen molar-refractivity contribution in [3.63, 3.8) is 0 Å². The van der Waals surface area contributed by atoms with Crippen molar-refractivity contribution >= 4 is 29.2 Å². The van der Waals surface area contributed by atoms with Crippen molar-refractivity contribution in [3.05, 3.63) is 46.7 Å². The van der Waals surface area contributed by atoms with Crippen molar-refractivity contribution in [2.24, 2.45) is 10.2 Å². The second kappa shape index (κ2) is 10.9. The third-order valence-electron chi connectivity index (χ3n) is 4.67. The van der Waals surface area contributed by atoms with Gasteiger partial charge in [-0.05, 0) is 28.1 Å². The first kappa shape index (κ1) is 22.0. The van der Waals surface area contributed by atoms with E-state index in [-0.39, 0.29) is 19.7 Å². The average molecular weight is 459 g/mol. The molecule has 168 valence electrons. The van der Waals surface area contributed by atoms with Gasteiger partial charge >= 0.3 is 0 Å². The van der Waals surface area contributed by atoms with Gasteiger partial charge in [-0.25, -0.2) is 14.6 Å². The van der Waals surface area contributed by atoms with Gasteiger partial charge in [0, 0.05) is 24.2 Å². The van der Waals surface area contributed by atoms with Crippen LogP contribution in [0.2, 0.25) is 5.02 Å². The minimum Gasteiger partial charge on any atom is -0.394 e. The van der Waals surface area contributed by atoms with Crippen LogP contribution in [0.3, 0.4) is 0 Å². The lowest BCUT2D eigenvalue weighted by molar-refractivity contribution is 0.122. The molecule has 1 fully saturated rings. The van der Waals surface area contributed by atoms with Crippen LogP contribution in [0.15, 0.2) is 40.6 Å². The third kappa shape index (κ3) is 5.93. The average Bonchev–Trinajstić information content (AvgIpc) is 3.27. The highest BCUT2D eigenvalue weighted by Crippen LogP contribution is 2.21. The molecule has 0 atom stereocenters. The number of rotatable bonds is 9. The number of morpholine rings is 1. The van der Waals surface area contributed by atoms with Crippen molar-refractivity contribution in [2.75, 3.05) is 43.1 Å². The molecule has 12 nitrogen and oxygen atoms in total. The first-order valence-electron chi connectivity index (χ1n) is 10.1. The largest absolute Gasteiger partial charge is 0.394 e. The molecule has 0 saturated carbocycles. The molecule has 2 N–H and O–H groups in total. The molecule has 1 saturated heterocycles. The summed E-state index contributed by atoms with van der Waals surface area (Å²) >= 11 is 5.93. The molecular weight excluding hydrogens is 436 g/mol. The van der Waals surface area contributed by atoms with E-state index in [1.807, 2.05) is 30.3 Å². The maximum absolute atomic E-state index is 9.13. The first-order valence-corrected chi connectivity index (χ1v) is 10.5. The Morgan fingerprint density at radius 3 is 2.75 bits per heavy atom. The molecule has 1 aliphatic rings. The zero-order valence-electron chi connectivity index (χ0n) is 17.3. The number of nitrogens with one attached hydrogen (secondary N) is 1. The van der Waals surface area contributed by atoms with Crippen LogP contribution in [0.4, 0.5) is 17.6 Å². The number of benzene rings is 1. The molecule has 0 unspecified atom stereocenters. The van der Waals surface area contributed by atoms with Gasteiger partial charge in [0.15, 0.2) is 11.6 Å². The number of hydrogen-bond donors (Lipinski definition) is 2. The van der Waals surface area contributed by atoms with Crippen molar-refractivity contribution in [2.45, 2.75) is 19.6 Å². The van der Waals surface area contributed by atoms with E-state index in [1.54, 1.807) is 0 Å². The van der Waals surface area contributed by atoms with Gasteiger partial charge in [-0.15, -0.1) is 5.11 Å². The van der Waals surface area contributed by atoms with Crippen LogP contribution in [-0.4, -0.2) is 68.2 Å². The van der Waals surface area contributed by atoms with Crippen molar-refractivity contribution in [1.82, 2.24) is 30.2 Å². The minimum absolute atomic E-state index is 0.0686. The van der Waals surface area contributed by atoms with Gasteiger partial charge in [0.25, 0.3) is 0 Å². The Labute approximate surface area is 189 Å². The van der Waals surface area contributed by atoms with Crippen LogP contribution >= 0.6 is 11.6 Å². The zero-order chi connectivity index (χ0) is 22.2. The van der Waals surface area contributed by atoms with Gasteiger partial charge in [-0.3, -0.25) is 0 Å². The van der Waals surface area contributed by atoms with Crippen LogP contribution < -0.4 is 10.2 Å². The van der Waals surface area contributed by atoms with Gasteiger partial charge in [-0.2, -0.15) is 5.11 Å². The summed E-state index contributed by atoms with van der Waals surface area (Å²) < 4.78 is 6.91. The molecule has 0 radical (unpaired) electrons. The molecule has 0 aliphatic carbocycles. The first-order chi connectivity index (χ1) is 15.7. The smallest absolute Gasteiger partial charge is 0.243 e. The fraction of sp³-hybridized carbons (Fsp3) is 0.421. The monoisotopic (exact) mass is 458 g/mol. The lowest BCUT2D eigenvalue weighted by Crippen LogP contribution is -2.37. The number of hydrogen-bond acceptors (Lipinski definition) is 11. The van der Waals surface area contributed by atoms with Crippen molar-refractivity contribution < 1.29 is 9.84 Å². The number of aliphatic hydroxyl groups excluding tert-OH is 1. The summed E-state index contributed by atoms with van der Waals surface area (Å²) in [4.78, 5) is 11.3. The number of aliphatic hydroxyl groups is 1. The van der Waals surface area contributed by atoms with E-state index in [1.165, 1.54) is 4.68 Å². The molecule has 0 spiro atoms. The molecule has 13 heteroatoms. The number of halogens is 1. The Balaban J connectivity index is 1.51. The maximum Gasteiger partial charge on any atom is 0.243 e. The van der Waals surface area contributed by atoms with Gasteiger partial charge in [0.05, 0.1) is 39.5 Å². The standard InChI is InChI=1S/C19H23ClN10O2/c20-15-3-1-14(2-4-15)12-22-25-16-11-18(29-6-9-32-10-7-29)24-17(23-16)13-21-19-26-27-28-30(19)5-8-31/h1-4,11,31H,5-10,12-13H2,(H,21,26,28). The predicted molar refractivity (Wildman–Crippen MR) is 117 cm³/mol. The number of ether oxygens (including phenoxy) is 1. The predicted octanol–water partition coefficient (Wildman–Crippen LogP) is 1.84. The van der Waals surface area contributed by atoms with E-state index >= 15 is 0 Å². The number of anilines is 2. The molecule has 32 heavy (non-hydrogen) atoms. The molecular formula is C19H23ClN10O2. The summed E-state index contributed by atoms with van der Waals surface area (Å²) in [5.41, 5.74) is 0.998. The molecule has 1 aromatic carbocycles. The lowest BCUT2D eigenvalue weighted by atomic mass is 10.2. The van der Waals surface area contributed by atoms with Gasteiger partial charge in [-0.1, -0.05) is 28.8 Å². The summed E-state index contributed by atoms with van der Waals surface area (Å²) in [6.07, 6.45) is 0. The van der Waals surface area contributed by atoms with E-state index < -0.39 is 0 Å². The Kier molecular flexibility index (Phi) is 7.48. The Bertz CT molecular complexity index is 1040. The third-order valence-corrected chi connectivity index (χ3v) is 4.92. The quantitative estimate of drug-likeness (QED) is 0.459. The lowest BCUT2D eigenvalue weighted by Gasteiger charge is -2.28. The Morgan fingerprint density at radius 1 is 1.16 bits per heavy atom. The van der Waals surface area contributed by atoms with E-state index in [9.17, 15) is 0 Å². The highest BCUT2D eigenvalue weighted by molar-refractivity contribution is 6.30. The van der Waals surface area contributed by atoms with Gasteiger partial charge in [0.1, 0.15) is 5.82 Å². The fourth-order valence-electron chi connectivity index (χ4n) is 3.07. The van der Waals surface area contributed by atoms with Crippen LogP contribution in [-0.2, 0) is 24.4 Å². The summed E-state index contributed by atoms with van der Waals surface area (Å²) in [6.45, 7) is 3.66. The molecule has 2 aromatic heterocycles. The molecule has 0 bridgehead atoms. The molecule has 4 rings (SSSR count). The minimum atomic E-state index is -0.0686. The second-order valence-corrected chi connectivity index (χ2v) is 7.37. The number of aromatic nitrogens is 6. The summed E-state index contributed by atoms with van der Waals surface area (Å²) in [5.74, 6) is 2.16. The van der Waals surface area contributed by atoms with E-state index in [4.69, 9.17) is 21.4 Å². The molecule has 0 amide bonds. The van der Waals surface area contributed by atoms with E-state index in [2.05, 4.69) is 45.9 Å². The highest BCUT2D eigenvalue weighted by atomic mass is 35.5. The Hall–Kier alpha value is -3.22. The molecule has 3 aromatic rings. The molecule has 3 heterocycles. The van der Waals surface area contributed by atoms with Crippen LogP contribution in [0.25, 0.3) is 0 Å². The topological polar surface area (TPSA) is 139 Å². The highest BCUT2D eigenvalue weighted by Gasteiger charge is 2.15. The maximum atomic E-state index is 9.13. The van der Waals surface area contributed by atoms with Crippen molar-refractivity contribution in [3.8, 4) is 0 Å². The van der Waals surface area contributed by atoms with Crippen molar-refractivity contribution in [1.29, 1.82) is 0 Å². The second-order valence-electron chi connectivity index (χ2n) is 6.93. The zero-order valence-corrected chi connectivity index (χ0v) is 18.1. The number of nitrogens with zero attached hydrogens (tertiary/aromatic N) is 9. The number of azo groups is 1. The van der Waals surface area contributed by atoms with Crippen LogP contribution in [0.1, 0.15) is 11.4 Å². The van der Waals surface area contributed by atoms with E-state index in [0.717, 1.165) is 24.5 Å². The fourth-order valence-corrected chi connectivity index (χ4v) is 3.19. The van der Waals surface area contributed by atoms with Gasteiger partial charge in [0.2, 0.25) is 5.95 Å². The van der Waals surface area contributed by atoms with Crippen LogP contribution in [0, 0.1) is 0 Å².